The van der Waals surface area contributed by atoms with Crippen LogP contribution in [0.5, 0.6) is 0 Å². The highest BCUT2D eigenvalue weighted by molar-refractivity contribution is 5.70. The van der Waals surface area contributed by atoms with Crippen LogP contribution < -0.4 is 0 Å². The quantitative estimate of drug-likeness (QED) is 0.130. The van der Waals surface area contributed by atoms with Crippen molar-refractivity contribution in [2.24, 2.45) is 0 Å². The van der Waals surface area contributed by atoms with Crippen molar-refractivity contribution in [2.75, 3.05) is 33.8 Å². The lowest BCUT2D eigenvalue weighted by molar-refractivity contribution is -0.883. The summed E-state index contributed by atoms with van der Waals surface area (Å²) in [5.74, 6) is -0.0255. The molecule has 0 spiro atoms. The van der Waals surface area contributed by atoms with E-state index in [9.17, 15) is 4.79 Å². The normalized spacial score (nSPS) is 11.7. The van der Waals surface area contributed by atoms with E-state index in [0.717, 1.165) is 17.4 Å². The largest absolute Gasteiger partial charge is 0.462 e. The molecule has 0 heterocycles. The van der Waals surface area contributed by atoms with Crippen LogP contribution in [0.15, 0.2) is 0 Å². The van der Waals surface area contributed by atoms with E-state index in [1.807, 2.05) is 0 Å². The molecule has 0 bridgehead atoms. The molecule has 0 aromatic heterocycles. The maximum absolute atomic E-state index is 12.1. The minimum Gasteiger partial charge on any atom is -0.462 e. The molecule has 0 amide bonds. The third-order valence-corrected chi connectivity index (χ3v) is 5.44. The van der Waals surface area contributed by atoms with Crippen LogP contribution in [-0.2, 0) is 9.53 Å². The molecule has 162 valence electrons. The minimum absolute atomic E-state index is 0.0255. The van der Waals surface area contributed by atoms with Crippen molar-refractivity contribution in [3.05, 3.63) is 0 Å². The highest BCUT2D eigenvalue weighted by Crippen LogP contribution is 2.11. The van der Waals surface area contributed by atoms with E-state index in [-0.39, 0.29) is 5.97 Å². The molecule has 0 aliphatic heterocycles. The fraction of sp³-hybridized carbons (Fsp3) is 0.958. The summed E-state index contributed by atoms with van der Waals surface area (Å²) in [6, 6.07) is 0. The number of unbranched alkanes of at least 4 members (excludes halogenated alkanes) is 14. The van der Waals surface area contributed by atoms with Crippen LogP contribution in [0.25, 0.3) is 0 Å². The Balaban J connectivity index is 3.52. The summed E-state index contributed by atoms with van der Waals surface area (Å²) in [5, 5.41) is 0. The summed E-state index contributed by atoms with van der Waals surface area (Å²) < 4.78 is 6.21. The van der Waals surface area contributed by atoms with Gasteiger partial charge >= 0.3 is 5.97 Å². The molecule has 0 aliphatic carbocycles. The van der Waals surface area contributed by atoms with Gasteiger partial charge in [-0.15, -0.1) is 0 Å². The average Bonchev–Trinajstić information content (AvgIpc) is 2.62. The lowest BCUT2D eigenvalue weighted by atomic mass is 10.1. The van der Waals surface area contributed by atoms with Crippen LogP contribution in [0.4, 0.5) is 0 Å². The van der Waals surface area contributed by atoms with Crippen molar-refractivity contribution in [2.45, 2.75) is 117 Å². The third kappa shape index (κ3) is 20.0. The van der Waals surface area contributed by atoms with Gasteiger partial charge in [0.25, 0.3) is 0 Å². The standard InChI is InChI=1S/C24H50NO2/c1-5-7-9-11-13-15-17-19-21-25(3,4)23-24(26)27-22-20-18-16-14-12-10-8-6-2/h5-23H2,1-4H3/q+1. The Kier molecular flexibility index (Phi) is 18.4. The van der Waals surface area contributed by atoms with E-state index >= 15 is 0 Å². The number of hydrogen-bond acceptors (Lipinski definition) is 2. The zero-order valence-corrected chi connectivity index (χ0v) is 19.2. The van der Waals surface area contributed by atoms with Crippen LogP contribution in [0, 0.1) is 0 Å². The molecule has 0 radical (unpaired) electrons. The zero-order valence-electron chi connectivity index (χ0n) is 19.2. The van der Waals surface area contributed by atoms with Crippen LogP contribution in [0.3, 0.4) is 0 Å². The summed E-state index contributed by atoms with van der Waals surface area (Å²) in [6.45, 7) is 6.70. The van der Waals surface area contributed by atoms with Gasteiger partial charge in [-0.1, -0.05) is 97.3 Å². The Bertz CT molecular complexity index is 328. The fourth-order valence-corrected chi connectivity index (χ4v) is 3.57. The van der Waals surface area contributed by atoms with Gasteiger partial charge in [0.1, 0.15) is 0 Å². The number of carbonyl (C=O) groups excluding carboxylic acids is 1. The smallest absolute Gasteiger partial charge is 0.361 e. The molecular formula is C24H50NO2+. The first kappa shape index (κ1) is 26.4. The maximum atomic E-state index is 12.1. The highest BCUT2D eigenvalue weighted by Gasteiger charge is 2.20. The molecule has 0 aromatic carbocycles. The molecule has 0 fully saturated rings. The molecule has 3 heteroatoms. The SMILES string of the molecule is CCCCCCCCCCOC(=O)C[N+](C)(C)CCCCCCCCCC. The minimum atomic E-state index is -0.0255. The number of quaternary nitrogens is 1. The molecule has 0 atom stereocenters. The van der Waals surface area contributed by atoms with E-state index in [4.69, 9.17) is 4.74 Å². The van der Waals surface area contributed by atoms with E-state index < -0.39 is 0 Å². The van der Waals surface area contributed by atoms with Crippen LogP contribution in [0.1, 0.15) is 117 Å². The molecule has 0 aliphatic rings. The lowest BCUT2D eigenvalue weighted by Crippen LogP contribution is -2.45. The second-order valence-corrected chi connectivity index (χ2v) is 8.99. The van der Waals surface area contributed by atoms with Crippen molar-refractivity contribution in [1.29, 1.82) is 0 Å². The average molecular weight is 385 g/mol. The van der Waals surface area contributed by atoms with E-state index in [0.29, 0.717) is 13.2 Å². The van der Waals surface area contributed by atoms with Gasteiger partial charge in [0, 0.05) is 0 Å². The summed E-state index contributed by atoms with van der Waals surface area (Å²) in [5.41, 5.74) is 0. The predicted octanol–water partition coefficient (Wildman–Crippen LogP) is 6.89. The maximum Gasteiger partial charge on any atom is 0.361 e. The van der Waals surface area contributed by atoms with Gasteiger partial charge in [-0.25, -0.2) is 4.79 Å². The Morgan fingerprint density at radius 3 is 1.52 bits per heavy atom. The molecule has 0 saturated carbocycles. The molecule has 0 aromatic rings. The van der Waals surface area contributed by atoms with Crippen LogP contribution in [-0.4, -0.2) is 44.2 Å². The van der Waals surface area contributed by atoms with Crippen molar-refractivity contribution < 1.29 is 14.0 Å². The topological polar surface area (TPSA) is 26.3 Å². The number of esters is 1. The molecule has 0 unspecified atom stereocenters. The molecule has 27 heavy (non-hydrogen) atoms. The Hall–Kier alpha value is -0.570. The van der Waals surface area contributed by atoms with Gasteiger partial charge in [-0.2, -0.15) is 0 Å². The molecule has 0 rings (SSSR count). The molecule has 3 nitrogen and oxygen atoms in total. The van der Waals surface area contributed by atoms with Gasteiger partial charge in [0.15, 0.2) is 6.54 Å². The van der Waals surface area contributed by atoms with Gasteiger partial charge in [0.2, 0.25) is 0 Å². The first-order valence-corrected chi connectivity index (χ1v) is 12.0. The molecular weight excluding hydrogens is 334 g/mol. The number of rotatable bonds is 20. The first-order valence-electron chi connectivity index (χ1n) is 12.0. The van der Waals surface area contributed by atoms with Crippen LogP contribution in [0.2, 0.25) is 0 Å². The van der Waals surface area contributed by atoms with E-state index in [2.05, 4.69) is 27.9 Å². The molecule has 0 saturated heterocycles. The first-order chi connectivity index (χ1) is 13.0. The number of nitrogens with zero attached hydrogens (tertiary/aromatic N) is 1. The van der Waals surface area contributed by atoms with Crippen LogP contribution >= 0.6 is 0 Å². The highest BCUT2D eigenvalue weighted by atomic mass is 16.5. The Labute approximate surface area is 170 Å². The predicted molar refractivity (Wildman–Crippen MR) is 118 cm³/mol. The monoisotopic (exact) mass is 384 g/mol. The number of carbonyl (C=O) groups is 1. The van der Waals surface area contributed by atoms with Crippen molar-refractivity contribution >= 4 is 5.97 Å². The van der Waals surface area contributed by atoms with Gasteiger partial charge in [0.05, 0.1) is 27.2 Å². The number of ether oxygens (including phenoxy) is 1. The Morgan fingerprint density at radius 2 is 1.04 bits per heavy atom. The zero-order chi connectivity index (χ0) is 20.2. The summed E-state index contributed by atoms with van der Waals surface area (Å²) in [4.78, 5) is 12.1. The number of likely N-dealkylation sites (N-methyl/N-ethyl adjacent to an activating group) is 1. The summed E-state index contributed by atoms with van der Waals surface area (Å²) >= 11 is 0. The lowest BCUT2D eigenvalue weighted by Gasteiger charge is -2.28. The second-order valence-electron chi connectivity index (χ2n) is 8.99. The van der Waals surface area contributed by atoms with E-state index in [1.54, 1.807) is 0 Å². The van der Waals surface area contributed by atoms with Crippen molar-refractivity contribution in [1.82, 2.24) is 0 Å². The van der Waals surface area contributed by atoms with Gasteiger partial charge in [-0.05, 0) is 19.3 Å². The summed E-state index contributed by atoms with van der Waals surface area (Å²) in [7, 11) is 4.30. The second kappa shape index (κ2) is 18.8. The third-order valence-electron chi connectivity index (χ3n) is 5.44. The molecule has 0 N–H and O–H groups in total. The van der Waals surface area contributed by atoms with Gasteiger partial charge in [-0.3, -0.25) is 0 Å². The van der Waals surface area contributed by atoms with Crippen molar-refractivity contribution in [3.8, 4) is 0 Å². The fourth-order valence-electron chi connectivity index (χ4n) is 3.57. The summed E-state index contributed by atoms with van der Waals surface area (Å²) in [6.07, 6.45) is 20.9. The Morgan fingerprint density at radius 1 is 0.630 bits per heavy atom. The van der Waals surface area contributed by atoms with Crippen molar-refractivity contribution in [3.63, 3.8) is 0 Å². The van der Waals surface area contributed by atoms with Gasteiger partial charge < -0.3 is 9.22 Å². The number of hydrogen-bond donors (Lipinski definition) is 0. The van der Waals surface area contributed by atoms with E-state index in [1.165, 1.54) is 96.3 Å².